The molecule has 0 aliphatic carbocycles. The molecule has 198 valence electrons. The summed E-state index contributed by atoms with van der Waals surface area (Å²) in [5, 5.41) is 18.3. The molecular weight excluding hydrogens is 524 g/mol. The van der Waals surface area contributed by atoms with Gasteiger partial charge in [0.15, 0.2) is 11.4 Å². The minimum absolute atomic E-state index is 0.0190. The number of aromatic nitrogens is 3. The topological polar surface area (TPSA) is 116 Å². The number of nitrogens with zero attached hydrogens (tertiary/aromatic N) is 3. The largest absolute Gasteiger partial charge is 0.392 e. The van der Waals surface area contributed by atoms with E-state index in [0.717, 1.165) is 21.8 Å². The lowest BCUT2D eigenvalue weighted by atomic mass is 10.0. The molecule has 4 aromatic rings. The molecule has 2 heterocycles. The molecule has 3 unspecified atom stereocenters. The summed E-state index contributed by atoms with van der Waals surface area (Å²) in [6.07, 6.45) is 1.32. The standard InChI is InChI=1S/C27H28N4O5S2/c1-31-18-28-29-27(31)37-17-23-15-25(20-9-7-19(16-32)8-10-20)36-26(35-23)21-11-13-22(14-12-21)30-38(33,34)24-5-3-2-4-6-24/h2-14,18,23,25-26,30,32H,15-17H2,1H3. The van der Waals surface area contributed by atoms with Crippen molar-refractivity contribution in [2.24, 2.45) is 7.05 Å². The Bertz CT molecular complexity index is 1450. The number of benzene rings is 3. The van der Waals surface area contributed by atoms with Gasteiger partial charge in [0.1, 0.15) is 6.33 Å². The van der Waals surface area contributed by atoms with Crippen molar-refractivity contribution < 1.29 is 23.0 Å². The second-order valence-corrected chi connectivity index (χ2v) is 11.6. The van der Waals surface area contributed by atoms with Crippen LogP contribution in [0.25, 0.3) is 0 Å². The van der Waals surface area contributed by atoms with Crippen LogP contribution in [-0.2, 0) is 33.2 Å². The fourth-order valence-electron chi connectivity index (χ4n) is 4.12. The third-order valence-electron chi connectivity index (χ3n) is 6.17. The number of hydrogen-bond acceptors (Lipinski definition) is 8. The highest BCUT2D eigenvalue weighted by Gasteiger charge is 2.32. The molecule has 5 rings (SSSR count). The first-order valence-electron chi connectivity index (χ1n) is 12.1. The van der Waals surface area contributed by atoms with Crippen LogP contribution < -0.4 is 4.72 Å². The number of thioether (sulfide) groups is 1. The summed E-state index contributed by atoms with van der Waals surface area (Å²) < 4.78 is 42.5. The highest BCUT2D eigenvalue weighted by Crippen LogP contribution is 2.39. The fourth-order valence-corrected chi connectivity index (χ4v) is 6.10. The molecule has 0 radical (unpaired) electrons. The van der Waals surface area contributed by atoms with Crippen LogP contribution in [0.5, 0.6) is 0 Å². The smallest absolute Gasteiger partial charge is 0.261 e. The van der Waals surface area contributed by atoms with Gasteiger partial charge in [0.2, 0.25) is 0 Å². The number of sulfonamides is 1. The second kappa shape index (κ2) is 11.7. The Kier molecular flexibility index (Phi) is 8.10. The van der Waals surface area contributed by atoms with Crippen LogP contribution in [0.15, 0.2) is 95.2 Å². The predicted octanol–water partition coefficient (Wildman–Crippen LogP) is 4.45. The zero-order valence-electron chi connectivity index (χ0n) is 20.7. The Hall–Kier alpha value is -3.22. The number of nitrogens with one attached hydrogen (secondary N) is 1. The maximum Gasteiger partial charge on any atom is 0.261 e. The lowest BCUT2D eigenvalue weighted by Crippen LogP contribution is -2.31. The quantitative estimate of drug-likeness (QED) is 0.293. The molecule has 0 bridgehead atoms. The van der Waals surface area contributed by atoms with Crippen molar-refractivity contribution in [3.63, 3.8) is 0 Å². The lowest BCUT2D eigenvalue weighted by molar-refractivity contribution is -0.245. The van der Waals surface area contributed by atoms with E-state index in [0.29, 0.717) is 17.9 Å². The van der Waals surface area contributed by atoms with Crippen molar-refractivity contribution in [2.75, 3.05) is 10.5 Å². The van der Waals surface area contributed by atoms with Gasteiger partial charge < -0.3 is 19.1 Å². The van der Waals surface area contributed by atoms with Gasteiger partial charge in [0.25, 0.3) is 10.0 Å². The Morgan fingerprint density at radius 1 is 1.00 bits per heavy atom. The summed E-state index contributed by atoms with van der Waals surface area (Å²) in [6.45, 7) is -0.0190. The van der Waals surface area contributed by atoms with Crippen LogP contribution in [0.3, 0.4) is 0 Å². The first-order chi connectivity index (χ1) is 18.4. The Morgan fingerprint density at radius 3 is 2.37 bits per heavy atom. The summed E-state index contributed by atoms with van der Waals surface area (Å²) in [5.41, 5.74) is 3.05. The van der Waals surface area contributed by atoms with Gasteiger partial charge in [-0.1, -0.05) is 66.4 Å². The SMILES string of the molecule is Cn1cnnc1SCC1CC(c2ccc(CO)cc2)OC(c2ccc(NS(=O)(=O)c3ccccc3)cc2)O1. The van der Waals surface area contributed by atoms with E-state index in [-0.39, 0.29) is 23.7 Å². The highest BCUT2D eigenvalue weighted by atomic mass is 32.2. The first kappa shape index (κ1) is 26.4. The third-order valence-corrected chi connectivity index (χ3v) is 8.74. The van der Waals surface area contributed by atoms with Crippen LogP contribution in [0.1, 0.15) is 35.5 Å². The van der Waals surface area contributed by atoms with Gasteiger partial charge in [-0.2, -0.15) is 0 Å². The maximum absolute atomic E-state index is 12.7. The van der Waals surface area contributed by atoms with E-state index < -0.39 is 16.3 Å². The molecule has 0 spiro atoms. The zero-order valence-corrected chi connectivity index (χ0v) is 22.3. The maximum atomic E-state index is 12.7. The zero-order chi connectivity index (χ0) is 26.5. The Balaban J connectivity index is 1.33. The summed E-state index contributed by atoms with van der Waals surface area (Å²) in [7, 11) is -1.79. The first-order valence-corrected chi connectivity index (χ1v) is 14.5. The molecule has 1 aliphatic rings. The van der Waals surface area contributed by atoms with Crippen molar-refractivity contribution in [2.45, 2.75) is 41.6 Å². The average molecular weight is 553 g/mol. The van der Waals surface area contributed by atoms with Crippen LogP contribution >= 0.6 is 11.8 Å². The van der Waals surface area contributed by atoms with E-state index in [9.17, 15) is 13.5 Å². The van der Waals surface area contributed by atoms with E-state index >= 15 is 0 Å². The average Bonchev–Trinajstić information content (AvgIpc) is 3.37. The van der Waals surface area contributed by atoms with Crippen molar-refractivity contribution in [1.82, 2.24) is 14.8 Å². The van der Waals surface area contributed by atoms with Gasteiger partial charge in [0.05, 0.1) is 23.7 Å². The van der Waals surface area contributed by atoms with Gasteiger partial charge in [-0.15, -0.1) is 10.2 Å². The Morgan fingerprint density at radius 2 is 1.71 bits per heavy atom. The summed E-state index contributed by atoms with van der Waals surface area (Å²) in [5.74, 6) is 0.659. The van der Waals surface area contributed by atoms with E-state index in [4.69, 9.17) is 9.47 Å². The molecule has 1 aromatic heterocycles. The molecule has 3 atom stereocenters. The number of aliphatic hydroxyl groups excluding tert-OH is 1. The van der Waals surface area contributed by atoms with Gasteiger partial charge in [-0.3, -0.25) is 4.72 Å². The molecule has 1 fully saturated rings. The molecule has 1 saturated heterocycles. The second-order valence-electron chi connectivity index (χ2n) is 8.93. The third kappa shape index (κ3) is 6.25. The number of aryl methyl sites for hydroxylation is 1. The highest BCUT2D eigenvalue weighted by molar-refractivity contribution is 7.99. The van der Waals surface area contributed by atoms with Gasteiger partial charge in [-0.25, -0.2) is 8.42 Å². The van der Waals surface area contributed by atoms with E-state index in [1.54, 1.807) is 72.7 Å². The van der Waals surface area contributed by atoms with E-state index in [1.807, 2.05) is 35.9 Å². The van der Waals surface area contributed by atoms with Gasteiger partial charge in [-0.05, 0) is 35.4 Å². The molecule has 0 saturated carbocycles. The molecule has 9 nitrogen and oxygen atoms in total. The van der Waals surface area contributed by atoms with Gasteiger partial charge >= 0.3 is 0 Å². The normalized spacial score (nSPS) is 19.8. The predicted molar refractivity (Wildman–Crippen MR) is 144 cm³/mol. The lowest BCUT2D eigenvalue weighted by Gasteiger charge is -2.36. The molecule has 3 aromatic carbocycles. The Labute approximate surface area is 225 Å². The molecule has 1 aliphatic heterocycles. The van der Waals surface area contributed by atoms with Crippen molar-refractivity contribution in [1.29, 1.82) is 0 Å². The van der Waals surface area contributed by atoms with Crippen LogP contribution in [0, 0.1) is 0 Å². The molecular formula is C27H28N4O5S2. The minimum atomic E-state index is -3.69. The number of rotatable bonds is 9. The number of anilines is 1. The monoisotopic (exact) mass is 552 g/mol. The fraction of sp³-hybridized carbons (Fsp3) is 0.259. The summed E-state index contributed by atoms with van der Waals surface area (Å²) in [6, 6.07) is 22.9. The van der Waals surface area contributed by atoms with Crippen molar-refractivity contribution >= 4 is 27.5 Å². The summed E-state index contributed by atoms with van der Waals surface area (Å²) in [4.78, 5) is 0.196. The summed E-state index contributed by atoms with van der Waals surface area (Å²) >= 11 is 1.57. The van der Waals surface area contributed by atoms with Gasteiger partial charge in [0, 0.05) is 30.5 Å². The van der Waals surface area contributed by atoms with Crippen LogP contribution in [0.4, 0.5) is 5.69 Å². The van der Waals surface area contributed by atoms with Crippen LogP contribution in [-0.4, -0.2) is 40.1 Å². The van der Waals surface area contributed by atoms with E-state index in [2.05, 4.69) is 14.9 Å². The molecule has 2 N–H and O–H groups in total. The number of aliphatic hydroxyl groups is 1. The van der Waals surface area contributed by atoms with Crippen molar-refractivity contribution in [3.8, 4) is 0 Å². The van der Waals surface area contributed by atoms with Crippen molar-refractivity contribution in [3.05, 3.63) is 102 Å². The number of hydrogen-bond donors (Lipinski definition) is 2. The van der Waals surface area contributed by atoms with E-state index in [1.165, 1.54) is 0 Å². The minimum Gasteiger partial charge on any atom is -0.392 e. The molecule has 11 heteroatoms. The molecule has 0 amide bonds. The van der Waals surface area contributed by atoms with Crippen LogP contribution in [0.2, 0.25) is 0 Å². The molecule has 38 heavy (non-hydrogen) atoms. The number of ether oxygens (including phenoxy) is 2.